The quantitative estimate of drug-likeness (QED) is 0.169. The predicted octanol–water partition coefficient (Wildman–Crippen LogP) is 13.8. The number of allylic oxidation sites excluding steroid dienone is 16. The van der Waals surface area contributed by atoms with Crippen LogP contribution in [0.2, 0.25) is 0 Å². The van der Waals surface area contributed by atoms with Crippen LogP contribution >= 0.6 is 0 Å². The summed E-state index contributed by atoms with van der Waals surface area (Å²) in [6.45, 7) is 11.2. The maximum Gasteiger partial charge on any atom is 0.0541 e. The van der Waals surface area contributed by atoms with Crippen LogP contribution in [-0.2, 0) is 6.42 Å². The van der Waals surface area contributed by atoms with E-state index in [2.05, 4.69) is 187 Å². The second kappa shape index (κ2) is 13.3. The Bertz CT molecular complexity index is 2880. The van der Waals surface area contributed by atoms with Gasteiger partial charge in [0.2, 0.25) is 0 Å². The summed E-state index contributed by atoms with van der Waals surface area (Å²) in [4.78, 5) is 0. The molecule has 3 aliphatic carbocycles. The van der Waals surface area contributed by atoms with Crippen LogP contribution in [0.5, 0.6) is 0 Å². The molecule has 264 valence electrons. The van der Waals surface area contributed by atoms with Gasteiger partial charge >= 0.3 is 0 Å². The largest absolute Gasteiger partial charge is 0.309 e. The Morgan fingerprint density at radius 2 is 1.27 bits per heavy atom. The van der Waals surface area contributed by atoms with Gasteiger partial charge in [0.05, 0.1) is 22.1 Å². The van der Waals surface area contributed by atoms with Crippen LogP contribution in [0.4, 0.5) is 0 Å². The molecular formula is C53H42N2. The van der Waals surface area contributed by atoms with E-state index < -0.39 is 0 Å². The van der Waals surface area contributed by atoms with Crippen LogP contribution in [0, 0.1) is 5.92 Å². The zero-order valence-corrected chi connectivity index (χ0v) is 31.2. The normalized spacial score (nSPS) is 20.3. The first-order chi connectivity index (χ1) is 27.1. The van der Waals surface area contributed by atoms with Crippen molar-refractivity contribution in [3.05, 3.63) is 222 Å². The lowest BCUT2D eigenvalue weighted by Gasteiger charge is -2.15. The van der Waals surface area contributed by atoms with Gasteiger partial charge in [0, 0.05) is 38.8 Å². The molecule has 0 saturated heterocycles. The minimum atomic E-state index is 0.160. The number of nitrogens with zero attached hydrogens (tertiary/aromatic N) is 2. The lowest BCUT2D eigenvalue weighted by molar-refractivity contribution is 0.957. The lowest BCUT2D eigenvalue weighted by Crippen LogP contribution is -1.99. The Kier molecular flexibility index (Phi) is 7.99. The summed E-state index contributed by atoms with van der Waals surface area (Å²) in [5.41, 5.74) is 17.3. The van der Waals surface area contributed by atoms with Crippen molar-refractivity contribution in [1.29, 1.82) is 0 Å². The Labute approximate surface area is 322 Å². The molecule has 0 N–H and O–H groups in total. The highest BCUT2D eigenvalue weighted by Crippen LogP contribution is 2.41. The van der Waals surface area contributed by atoms with Gasteiger partial charge in [0.25, 0.3) is 0 Å². The number of aromatic nitrogens is 2. The van der Waals surface area contributed by atoms with E-state index in [1.807, 2.05) is 6.08 Å². The molecule has 3 aliphatic rings. The maximum atomic E-state index is 4.69. The third-order valence-electron chi connectivity index (χ3n) is 11.8. The van der Waals surface area contributed by atoms with Crippen molar-refractivity contribution >= 4 is 54.9 Å². The van der Waals surface area contributed by atoms with Gasteiger partial charge in [0.15, 0.2) is 0 Å². The van der Waals surface area contributed by atoms with Gasteiger partial charge < -0.3 is 9.13 Å². The number of benzene rings is 5. The highest BCUT2D eigenvalue weighted by Gasteiger charge is 2.23. The van der Waals surface area contributed by atoms with Gasteiger partial charge in [-0.2, -0.15) is 0 Å². The van der Waals surface area contributed by atoms with Crippen LogP contribution < -0.4 is 0 Å². The molecule has 1 atom stereocenters. The predicted molar refractivity (Wildman–Crippen MR) is 235 cm³/mol. The van der Waals surface area contributed by atoms with E-state index in [1.165, 1.54) is 82.7 Å². The fourth-order valence-corrected chi connectivity index (χ4v) is 9.06. The summed E-state index contributed by atoms with van der Waals surface area (Å²) < 4.78 is 4.80. The Morgan fingerprint density at radius 1 is 0.691 bits per heavy atom. The monoisotopic (exact) mass is 706 g/mol. The van der Waals surface area contributed by atoms with Crippen LogP contribution in [0.25, 0.3) is 60.6 Å². The van der Waals surface area contributed by atoms with Gasteiger partial charge in [-0.1, -0.05) is 140 Å². The third-order valence-corrected chi connectivity index (χ3v) is 11.8. The molecule has 2 aromatic heterocycles. The average molecular weight is 707 g/mol. The molecule has 0 spiro atoms. The van der Waals surface area contributed by atoms with E-state index in [-0.39, 0.29) is 5.92 Å². The first-order valence-corrected chi connectivity index (χ1v) is 19.4. The van der Waals surface area contributed by atoms with Crippen LogP contribution in [0.3, 0.4) is 0 Å². The van der Waals surface area contributed by atoms with Crippen LogP contribution in [0.15, 0.2) is 211 Å². The summed E-state index contributed by atoms with van der Waals surface area (Å²) in [6.07, 6.45) is 23.4. The highest BCUT2D eigenvalue weighted by atomic mass is 15.0. The van der Waals surface area contributed by atoms with Crippen LogP contribution in [-0.4, -0.2) is 9.13 Å². The van der Waals surface area contributed by atoms with E-state index >= 15 is 0 Å². The van der Waals surface area contributed by atoms with Crippen molar-refractivity contribution in [3.8, 4) is 5.69 Å². The second-order valence-corrected chi connectivity index (χ2v) is 15.0. The summed E-state index contributed by atoms with van der Waals surface area (Å²) in [6, 6.07) is 41.9. The minimum absolute atomic E-state index is 0.160. The fraction of sp³-hybridized carbons (Fsp3) is 0.0943. The van der Waals surface area contributed by atoms with Crippen molar-refractivity contribution in [2.24, 2.45) is 5.92 Å². The molecule has 2 nitrogen and oxygen atoms in total. The van der Waals surface area contributed by atoms with Gasteiger partial charge in [0.1, 0.15) is 0 Å². The van der Waals surface area contributed by atoms with Crippen molar-refractivity contribution in [2.45, 2.75) is 26.2 Å². The zero-order valence-electron chi connectivity index (χ0n) is 31.2. The summed E-state index contributed by atoms with van der Waals surface area (Å²) in [5.74, 6) is 0.160. The van der Waals surface area contributed by atoms with E-state index in [0.717, 1.165) is 36.1 Å². The van der Waals surface area contributed by atoms with Gasteiger partial charge in [-0.3, -0.25) is 0 Å². The summed E-state index contributed by atoms with van der Waals surface area (Å²) in [7, 11) is 0. The molecule has 0 fully saturated rings. The van der Waals surface area contributed by atoms with Crippen molar-refractivity contribution < 1.29 is 0 Å². The van der Waals surface area contributed by atoms with Crippen molar-refractivity contribution in [1.82, 2.24) is 9.13 Å². The van der Waals surface area contributed by atoms with Crippen LogP contribution in [0.1, 0.15) is 30.9 Å². The van der Waals surface area contributed by atoms with E-state index in [0.29, 0.717) is 0 Å². The molecule has 2 heteroatoms. The molecule has 5 aromatic carbocycles. The molecule has 10 rings (SSSR count). The number of rotatable bonds is 5. The second-order valence-electron chi connectivity index (χ2n) is 15.0. The lowest BCUT2D eigenvalue weighted by atomic mass is 9.91. The molecule has 7 aromatic rings. The van der Waals surface area contributed by atoms with Crippen molar-refractivity contribution in [2.75, 3.05) is 0 Å². The molecule has 0 saturated carbocycles. The molecule has 1 unspecified atom stereocenters. The number of hydrogen-bond donors (Lipinski definition) is 0. The molecule has 55 heavy (non-hydrogen) atoms. The van der Waals surface area contributed by atoms with Gasteiger partial charge in [-0.25, -0.2) is 0 Å². The molecule has 0 bridgehead atoms. The smallest absolute Gasteiger partial charge is 0.0541 e. The van der Waals surface area contributed by atoms with Gasteiger partial charge in [-0.15, -0.1) is 0 Å². The Morgan fingerprint density at radius 3 is 1.89 bits per heavy atom. The molecular weight excluding hydrogens is 665 g/mol. The summed E-state index contributed by atoms with van der Waals surface area (Å²) >= 11 is 0. The Balaban J connectivity index is 0.992. The average Bonchev–Trinajstić information content (AvgIpc) is 3.82. The third kappa shape index (κ3) is 5.48. The van der Waals surface area contributed by atoms with E-state index in [1.54, 1.807) is 0 Å². The molecule has 2 heterocycles. The standard InChI is InChI=1S/C53H42N2/c1-4-37-15-5-6-16-41(54-50-21-11-7-17-44(50)45-18-8-12-22-51(45)54)31-36(3)48(37)32-35(2)38-25-26-39-33-40-27-29-42(34-49(40)43(39)30-28-38)55-52-23-13-9-19-46(52)47-20-10-14-24-53(47)55/h4,6-14,16-32,34,38H,1,3,5,15,33H2,2H3/b16-6-,35-32+,41-31+,48-37-. The number of fused-ring (bicyclic) bond motifs is 8. The van der Waals surface area contributed by atoms with E-state index in [4.69, 9.17) is 6.58 Å². The summed E-state index contributed by atoms with van der Waals surface area (Å²) in [5, 5.41) is 5.09. The Hall–Kier alpha value is -6.64. The zero-order chi connectivity index (χ0) is 37.0. The van der Waals surface area contributed by atoms with Crippen molar-refractivity contribution in [3.63, 3.8) is 0 Å². The molecule has 0 amide bonds. The fourth-order valence-electron chi connectivity index (χ4n) is 9.06. The first-order valence-electron chi connectivity index (χ1n) is 19.4. The first kappa shape index (κ1) is 33.0. The van der Waals surface area contributed by atoms with Gasteiger partial charge in [-0.05, 0) is 114 Å². The SMILES string of the molecule is C=C/C1=C(\C=C(/C)C2C=CC3=C(C=C2)c2cc(-n4c5ccccc5c5ccccc54)ccc2C3)C(=C)/C=C(n2c3ccccc3c3ccccc32)\C=C/CC1. The number of hydrogen-bond acceptors (Lipinski definition) is 0. The topological polar surface area (TPSA) is 9.86 Å². The number of para-hydroxylation sites is 4. The molecule has 0 aliphatic heterocycles. The van der Waals surface area contributed by atoms with E-state index in [9.17, 15) is 0 Å². The highest BCUT2D eigenvalue weighted by molar-refractivity contribution is 6.11. The minimum Gasteiger partial charge on any atom is -0.309 e. The maximum absolute atomic E-state index is 4.69. The molecule has 0 radical (unpaired) electrons.